The van der Waals surface area contributed by atoms with Gasteiger partial charge in [0, 0.05) is 184 Å². The monoisotopic (exact) mass is 1590 g/mol. The highest BCUT2D eigenvalue weighted by molar-refractivity contribution is 5.83. The Morgan fingerprint density at radius 1 is 0.441 bits per heavy atom. The maximum Gasteiger partial charge on any atom is 0.302 e. The molecule has 0 bridgehead atoms. The van der Waals surface area contributed by atoms with E-state index in [1.54, 1.807) is 0 Å². The van der Waals surface area contributed by atoms with Crippen molar-refractivity contribution in [1.82, 2.24) is 19.9 Å². The van der Waals surface area contributed by atoms with Crippen LogP contribution in [0, 0.1) is 121 Å². The zero-order chi connectivity index (χ0) is 158. The Morgan fingerprint density at radius 3 is 1.40 bits per heavy atom. The van der Waals surface area contributed by atoms with Crippen LogP contribution in [0.25, 0.3) is 22.3 Å². The lowest BCUT2D eigenvalue weighted by molar-refractivity contribution is -0.149. The van der Waals surface area contributed by atoms with Gasteiger partial charge in [0.15, 0.2) is 0 Å². The van der Waals surface area contributed by atoms with Crippen LogP contribution in [0.4, 0.5) is 0 Å². The first-order valence-corrected chi connectivity index (χ1v) is 34.8. The van der Waals surface area contributed by atoms with Crippen LogP contribution in [0.15, 0.2) is 162 Å². The molecular weight excluding hydrogens is 1370 g/mol. The molecule has 0 aromatic carbocycles. The molecule has 111 heavy (non-hydrogen) atoms. The third-order valence-corrected chi connectivity index (χ3v) is 22.4. The number of ketones is 1. The summed E-state index contributed by atoms with van der Waals surface area (Å²) in [6.07, 6.45) is -109. The summed E-state index contributed by atoms with van der Waals surface area (Å²) in [7, 11) is 0. The van der Waals surface area contributed by atoms with Crippen LogP contribution in [-0.2, 0) is 23.9 Å². The molecule has 20 rings (SSSR count). The van der Waals surface area contributed by atoms with E-state index in [9.17, 15) is 44.2 Å². The lowest BCUT2D eigenvalue weighted by Gasteiger charge is -2.58. The first-order valence-electron chi connectivity index (χ1n) is 81.3. The highest BCUT2D eigenvalue weighted by atomic mass is 16.5. The first kappa shape index (κ1) is 24.4. The summed E-state index contributed by atoms with van der Waals surface area (Å²) in [5, 5.41) is 10.9. The van der Waals surface area contributed by atoms with Crippen LogP contribution < -0.4 is 0 Å². The number of aromatic nitrogens is 4. The third-order valence-electron chi connectivity index (χ3n) is 22.4. The second-order valence-corrected chi connectivity index (χ2v) is 28.5. The number of hydrogen-bond acceptors (Lipinski definition) is 10. The largest absolute Gasteiger partial charge is 0.462 e. The molecule has 0 aliphatic heterocycles. The van der Waals surface area contributed by atoms with Gasteiger partial charge in [-0.15, -0.1) is 0 Å². The lowest BCUT2D eigenvalue weighted by Crippen LogP contribution is -2.50. The molecule has 10 heteroatoms. The number of Topliss-reactive ketones (excluding diaryl/α,β-unsaturated/α-hetero) is 1. The predicted octanol–water partition coefficient (Wildman–Crippen LogP) is 23.3. The van der Waals surface area contributed by atoms with E-state index in [0.29, 0.717) is 0 Å². The Kier molecular flexibility index (Phi) is 6.46. The van der Waals surface area contributed by atoms with Crippen LogP contribution in [0.1, 0.15) is 403 Å². The quantitative estimate of drug-likeness (QED) is 0.146. The first-order chi connectivity index (χ1) is 90.2. The molecule has 8 fully saturated rings. The van der Waals surface area contributed by atoms with Crippen molar-refractivity contribution in [1.29, 1.82) is 0 Å². The maximum absolute atomic E-state index is 13.3. The average Bonchev–Trinajstić information content (AvgIpc) is 1.24. The third kappa shape index (κ3) is 13.1. The van der Waals surface area contributed by atoms with Gasteiger partial charge in [-0.2, -0.15) is 0 Å². The van der Waals surface area contributed by atoms with Gasteiger partial charge in [0.05, 0.1) is 37.6 Å². The maximum atomic E-state index is 13.3. The van der Waals surface area contributed by atoms with E-state index in [-0.39, 0.29) is 0 Å². The van der Waals surface area contributed by atoms with E-state index in [1.807, 2.05) is 0 Å². The average molecular weight is 1590 g/mol. The lowest BCUT2D eigenvalue weighted by atomic mass is 9.47. The highest BCUT2D eigenvalue weighted by Crippen LogP contribution is 2.72. The van der Waals surface area contributed by atoms with Gasteiger partial charge >= 0.3 is 11.9 Å². The van der Waals surface area contributed by atoms with Crippen LogP contribution in [0.2, 0.25) is 0 Å². The van der Waals surface area contributed by atoms with Gasteiger partial charge < -0.3 is 14.6 Å². The van der Waals surface area contributed by atoms with Crippen LogP contribution in [0.5, 0.6) is 0 Å². The van der Waals surface area contributed by atoms with Gasteiger partial charge in [-0.3, -0.25) is 34.3 Å². The number of rotatable bonds is 6. The van der Waals surface area contributed by atoms with Gasteiger partial charge in [-0.25, -0.2) is 0 Å². The number of aryl methyl sites for hydroxylation is 1. The smallest absolute Gasteiger partial charge is 0.302 e. The number of carbonyl (C=O) groups is 3. The second kappa shape index (κ2) is 29.4. The molecule has 1 N–H and O–H groups in total. The standard InChI is InChI=1S/C27H35NO2.C26H33NO2.C24H31NO.C24H29NO/c1-17-21(6-5-15-28-17)23-9-10-24-22-8-7-19-16-20(30-18(2)29)11-13-26(19,3)25(22)12-14-27(23,24)4;1-17(28)29-20-10-12-25(2)19(15-20)6-7-21-23-9-8-22(18-5-4-14-27-16-18)26(23,3)13-11-24(21)25;2*1-23-11-9-18(26)14-17(23)5-6-19-21-8-7-20(16-4-3-13-25-15-16)24(21,2)12-10-22(19)23/h5-7,9,15,20,22,24-25H,8,10-14,16H2,1-4H3;4-6,8,14,16,20-21,23-24H,7,9-13,15H2,1-3H3;3-5,7,13,15,18-19,21-22,26H,6,8-12,14H2,1-2H3;3-5,7,13,15,19,21-22H,6,8-12,14H2,1-2H3/t20-,22?,24?,25?,26-,27+;20-,21?,23?,24?,25-,26+;18-,19?,21?,22?,23-,24+;19?,21?,22?,23-,24+/m0000/s1/i3D3,4D3,5D,6D,7D,8D2,9D,10D2,11D2,13D2,14D2,15D,16D2;2D3,3D3,4D,5D,6D,8D,10D2,11D2,12D2,13D2,14D,15D2,16D;2*1D3,2D3,3D,4D,5D,6D2,7D,8D2,9D2,11D2,12D2,13D,14D2,15D. The number of aliphatic hydroxyl groups is 1. The van der Waals surface area contributed by atoms with Crippen molar-refractivity contribution in [3.05, 3.63) is 190 Å². The van der Waals surface area contributed by atoms with E-state index < -0.39 is 596 Å². The number of nitrogens with zero attached hydrogens (tertiary/aromatic N) is 4. The molecule has 588 valence electrons. The summed E-state index contributed by atoms with van der Waals surface area (Å²) in [6.45, 7) is -28.8. The molecule has 16 aliphatic carbocycles. The van der Waals surface area contributed by atoms with Gasteiger partial charge in [-0.05, 0) is 343 Å². The molecule has 4 heterocycles. The molecule has 4 aromatic rings. The zero-order valence-electron chi connectivity index (χ0n) is 151. The van der Waals surface area contributed by atoms with Crippen molar-refractivity contribution in [2.45, 2.75) is 273 Å². The number of fused-ring (bicyclic) bond motifs is 20. The number of ether oxygens (including phenoxy) is 2. The van der Waals surface area contributed by atoms with Crippen molar-refractivity contribution in [2.75, 3.05) is 0 Å². The number of hydrogen-bond donors (Lipinski definition) is 1. The summed E-state index contributed by atoms with van der Waals surface area (Å²) in [5.41, 5.74) is -43.5. The van der Waals surface area contributed by atoms with Gasteiger partial charge in [-0.1, -0.05) is 150 Å². The van der Waals surface area contributed by atoms with E-state index in [2.05, 4.69) is 19.9 Å². The summed E-state index contributed by atoms with van der Waals surface area (Å²) < 4.78 is 831. The molecule has 0 saturated heterocycles. The molecule has 10 nitrogen and oxygen atoms in total. The molecule has 0 spiro atoms. The number of pyridine rings is 4. The number of esters is 2. The second-order valence-electron chi connectivity index (χ2n) is 28.5. The number of carbonyl (C=O) groups excluding carboxylic acids is 3. The minimum absolute atomic E-state index is 0.399. The Hall–Kier alpha value is -6.91. The topological polar surface area (TPSA) is 141 Å². The molecule has 12 unspecified atom stereocenters. The number of aliphatic hydroxyl groups excluding tert-OH is 1. The normalized spacial score (nSPS) is 65.9. The molecule has 0 amide bonds. The van der Waals surface area contributed by atoms with E-state index in [1.165, 1.54) is 0 Å². The van der Waals surface area contributed by atoms with Crippen molar-refractivity contribution in [2.24, 2.45) is 114 Å². The fourth-order valence-corrected chi connectivity index (χ4v) is 17.0. The number of allylic oxidation sites excluding steroid dienone is 13. The Balaban J connectivity index is 0.000000176. The molecular formula is C101H128N4O6. The van der Waals surface area contributed by atoms with Gasteiger partial charge in [0.1, 0.15) is 18.0 Å². The van der Waals surface area contributed by atoms with Crippen molar-refractivity contribution >= 4 is 40.0 Å². The highest BCUT2D eigenvalue weighted by Gasteiger charge is 2.62. The molecule has 0 radical (unpaired) electrons. The summed E-state index contributed by atoms with van der Waals surface area (Å²) in [4.78, 5) is 51.7. The molecule has 23 atom stereocenters. The van der Waals surface area contributed by atoms with Crippen LogP contribution in [0.3, 0.4) is 0 Å². The molecule has 4 aromatic heterocycles. The van der Waals surface area contributed by atoms with Crippen molar-refractivity contribution in [3.63, 3.8) is 0 Å². The minimum atomic E-state index is -4.12. The SMILES string of the molecule is [2H]C1=C2C([2H])([2H])C(=O)C([2H])([2H])C([2H])([2H])[C@]2(C([2H])([2H])[2H])C2CC([2H])([2H])[C@]3(C([2H])([2H])[2H])C(c4c([2H])nc([2H])c([2H])c4[2H])=C([2H])C([2H])([2H])C3C2C1([2H])[2H].[2H]C1=C2C([2H])([2H])[C@@H](O)C([2H])([2H])C([2H])([2H])[C@]2(C([2H])([2H])[2H])C2CC([2H])([2H])[C@]3(C([2H])([2H])[2H])C(c4c([2H])nc([2H])c([2H])c4[2H])=C([2H])C([2H])([2H])C3C2C1([2H])[2H].[2H]C1=C2C([2H])([2H])[C@@H](OC(C)=O)C([2H])([2H])C([2H])([2H])[C@]2(C([2H])([2H])[2H])C2C(C1)C1CC([2H])=C(c3c([2H])nc([2H])c([2H])c3[2H])[C@@]1(C([2H])([2H])[2H])C([2H])([2H])C2([2H])[2H].[2H]C1=C2C([2H])([2H])[C@@H](OC(C)=O)C([2H])([2H])C([2H])([2H])[C@]2(C([2H])([2H])[2H])C2CC([2H])([2H])[C@]3(C([2H])([2H])[2H])C(c4c(C)nc([2H])c([2H])c4[2H])=C([2H])C([2H])([2H])C3C2C1([2H])[2H]. The minimum Gasteiger partial charge on any atom is -0.462 e. The van der Waals surface area contributed by atoms with Crippen molar-refractivity contribution < 1.29 is 156 Å². The predicted molar refractivity (Wildman–Crippen MR) is 444 cm³/mol. The van der Waals surface area contributed by atoms with E-state index in [4.69, 9.17) is 112 Å². The Bertz CT molecular complexity index is 9210. The fraction of sp³-hybridized carbons (Fsp3) is 0.614. The van der Waals surface area contributed by atoms with Gasteiger partial charge in [0.25, 0.3) is 0 Å². The van der Waals surface area contributed by atoms with E-state index in [0.717, 1.165) is 20.8 Å². The molecule has 16 aliphatic rings. The summed E-state index contributed by atoms with van der Waals surface area (Å²) in [6, 6.07) is -19.1. The Morgan fingerprint density at radius 2 is 0.874 bits per heavy atom. The van der Waals surface area contributed by atoms with Gasteiger partial charge in [0.2, 0.25) is 0 Å². The summed E-state index contributed by atoms with van der Waals surface area (Å²) >= 11 is 0. The zero-order valence-corrected chi connectivity index (χ0v) is 58.5. The van der Waals surface area contributed by atoms with E-state index >= 15 is 0 Å². The van der Waals surface area contributed by atoms with Crippen LogP contribution >= 0.6 is 0 Å². The van der Waals surface area contributed by atoms with Crippen LogP contribution in [-0.4, -0.2) is 61.1 Å². The fourth-order valence-electron chi connectivity index (χ4n) is 17.0. The summed E-state index contributed by atoms with van der Waals surface area (Å²) in [5.74, 6) is -35.6. The van der Waals surface area contributed by atoms with Crippen molar-refractivity contribution in [3.8, 4) is 0 Å². The molecule has 8 saturated carbocycles. The Labute approximate surface area is 795 Å².